The predicted octanol–water partition coefficient (Wildman–Crippen LogP) is 5.41. The molecule has 2 nitrogen and oxygen atoms in total. The van der Waals surface area contributed by atoms with E-state index in [0.29, 0.717) is 25.8 Å². The van der Waals surface area contributed by atoms with Crippen molar-refractivity contribution in [2.75, 3.05) is 6.54 Å². The number of amidine groups is 1. The van der Waals surface area contributed by atoms with E-state index >= 15 is 0 Å². The number of nitrogens with zero attached hydrogens (tertiary/aromatic N) is 2. The van der Waals surface area contributed by atoms with E-state index in [1.165, 1.54) is 32.6 Å². The van der Waals surface area contributed by atoms with Gasteiger partial charge in [0.2, 0.25) is 0 Å². The first-order chi connectivity index (χ1) is 13.7. The van der Waals surface area contributed by atoms with E-state index in [0.717, 1.165) is 18.7 Å². The van der Waals surface area contributed by atoms with Crippen LogP contribution in [0.15, 0.2) is 77.8 Å². The summed E-state index contributed by atoms with van der Waals surface area (Å²) in [5.41, 5.74) is 8.14. The molecule has 0 radical (unpaired) electrons. The molecule has 5 rings (SSSR count). The van der Waals surface area contributed by atoms with Crippen LogP contribution < -0.4 is 0 Å². The van der Waals surface area contributed by atoms with Crippen LogP contribution in [0.2, 0.25) is 0 Å². The summed E-state index contributed by atoms with van der Waals surface area (Å²) >= 11 is 0.355. The van der Waals surface area contributed by atoms with Gasteiger partial charge in [0.15, 0.2) is 0 Å². The number of fused-ring (bicyclic) bond motifs is 3. The van der Waals surface area contributed by atoms with Gasteiger partial charge in [0.05, 0.1) is 0 Å². The van der Waals surface area contributed by atoms with Gasteiger partial charge in [0, 0.05) is 0 Å². The molecule has 1 aliphatic heterocycles. The van der Waals surface area contributed by atoms with Crippen molar-refractivity contribution in [3.8, 4) is 11.1 Å². The predicted molar refractivity (Wildman–Crippen MR) is 119 cm³/mol. The summed E-state index contributed by atoms with van der Waals surface area (Å²) < 4.78 is 1.28. The molecule has 1 unspecified atom stereocenters. The molecule has 0 aromatic heterocycles. The third-order valence-electron chi connectivity index (χ3n) is 5.65. The van der Waals surface area contributed by atoms with Crippen molar-refractivity contribution in [1.82, 2.24) is 4.90 Å². The molecule has 3 heteroatoms. The molecule has 140 valence electrons. The van der Waals surface area contributed by atoms with E-state index < -0.39 is 0 Å². The molecule has 3 aromatic rings. The Kier molecular flexibility index (Phi) is 4.58. The van der Waals surface area contributed by atoms with Crippen LogP contribution in [0, 0.1) is 0 Å². The molecule has 2 aliphatic rings. The maximum absolute atomic E-state index is 5.15. The summed E-state index contributed by atoms with van der Waals surface area (Å²) in [6.45, 7) is 5.63. The van der Waals surface area contributed by atoms with Crippen LogP contribution >= 0.6 is 0 Å². The molecule has 3 aromatic carbocycles. The first-order valence-electron chi connectivity index (χ1n) is 9.97. The Morgan fingerprint density at radius 1 is 0.893 bits per heavy atom. The third-order valence-corrected chi connectivity index (χ3v) is 8.26. The van der Waals surface area contributed by atoms with Gasteiger partial charge in [-0.05, 0) is 0 Å². The van der Waals surface area contributed by atoms with Crippen LogP contribution in [0.3, 0.4) is 0 Å². The Bertz CT molecular complexity index is 1040. The zero-order chi connectivity index (χ0) is 19.1. The first kappa shape index (κ1) is 17.7. The van der Waals surface area contributed by atoms with Gasteiger partial charge in [-0.15, -0.1) is 0 Å². The Morgan fingerprint density at radius 3 is 2.46 bits per heavy atom. The number of hydrogen-bond donors (Lipinski definition) is 0. The van der Waals surface area contributed by atoms with Crippen LogP contribution in [-0.2, 0) is 6.42 Å². The molecule has 1 heterocycles. The van der Waals surface area contributed by atoms with E-state index in [9.17, 15) is 0 Å². The second-order valence-corrected chi connectivity index (χ2v) is 10.3. The fourth-order valence-corrected chi connectivity index (χ4v) is 7.02. The van der Waals surface area contributed by atoms with E-state index in [2.05, 4.69) is 91.5 Å². The van der Waals surface area contributed by atoms with Crippen LogP contribution in [0.4, 0.5) is 5.69 Å². The molecule has 0 spiro atoms. The molecule has 1 fully saturated rings. The van der Waals surface area contributed by atoms with Crippen LogP contribution in [0.1, 0.15) is 35.4 Å². The molecule has 0 saturated carbocycles. The maximum atomic E-state index is 5.15. The average molecular weight is 431 g/mol. The molecule has 1 atom stereocenters. The van der Waals surface area contributed by atoms with E-state index in [1.807, 2.05) is 0 Å². The fraction of sp³-hybridized carbons (Fsp3) is 0.240. The van der Waals surface area contributed by atoms with Gasteiger partial charge in [-0.25, -0.2) is 0 Å². The summed E-state index contributed by atoms with van der Waals surface area (Å²) in [4.78, 5) is 8.24. The zero-order valence-corrected chi connectivity index (χ0v) is 18.0. The Hall–Kier alpha value is -2.35. The van der Waals surface area contributed by atoms with Crippen LogP contribution in [0.25, 0.3) is 11.1 Å². The molecule has 0 amide bonds. The Labute approximate surface area is 173 Å². The Balaban J connectivity index is 1.46. The Morgan fingerprint density at radius 2 is 1.64 bits per heavy atom. The monoisotopic (exact) mass is 432 g/mol. The summed E-state index contributed by atoms with van der Waals surface area (Å²) in [6, 6.07) is 26.9. The summed E-state index contributed by atoms with van der Waals surface area (Å²) in [5, 5.41) is 0. The van der Waals surface area contributed by atoms with Crippen LogP contribution in [0.5, 0.6) is 0 Å². The zero-order valence-electron chi connectivity index (χ0n) is 16.3. The molecule has 0 bridgehead atoms. The van der Waals surface area contributed by atoms with Gasteiger partial charge in [-0.3, -0.25) is 0 Å². The van der Waals surface area contributed by atoms with Gasteiger partial charge in [0.25, 0.3) is 0 Å². The van der Waals surface area contributed by atoms with Gasteiger partial charge in [0.1, 0.15) is 0 Å². The van der Waals surface area contributed by atoms with E-state index in [4.69, 9.17) is 4.99 Å². The quantitative estimate of drug-likeness (QED) is 0.396. The SMILES string of the molecule is CC(C)N1CC(c2ccccc2)[Se]C1=Nc1ccc2c(c1)Cc1ccccc1-2. The van der Waals surface area contributed by atoms with Crippen molar-refractivity contribution in [3.05, 3.63) is 89.5 Å². The standard InChI is InChI=1S/C25H24N2Se/c1-17(2)27-16-24(18-8-4-3-5-9-18)28-25(27)26-21-12-13-23-20(15-21)14-19-10-6-7-11-22(19)23/h3-13,15,17,24H,14,16H2,1-2H3. The number of aliphatic imine (C=N–C) groups is 1. The van der Waals surface area contributed by atoms with Gasteiger partial charge in [-0.2, -0.15) is 0 Å². The van der Waals surface area contributed by atoms with Crippen molar-refractivity contribution < 1.29 is 0 Å². The molecular weight excluding hydrogens is 407 g/mol. The molecular formula is C25H24N2Se. The minimum atomic E-state index is 0.355. The second-order valence-electron chi connectivity index (χ2n) is 7.83. The van der Waals surface area contributed by atoms with Crippen molar-refractivity contribution in [3.63, 3.8) is 0 Å². The normalized spacial score (nSPS) is 19.3. The average Bonchev–Trinajstić information content (AvgIpc) is 3.30. The van der Waals surface area contributed by atoms with Crippen LogP contribution in [-0.4, -0.2) is 37.2 Å². The summed E-state index contributed by atoms with van der Waals surface area (Å²) in [5.74, 6) is 0. The fourth-order valence-electron chi connectivity index (χ4n) is 4.16. The molecule has 28 heavy (non-hydrogen) atoms. The second kappa shape index (κ2) is 7.24. The number of rotatable bonds is 3. The third kappa shape index (κ3) is 3.19. The van der Waals surface area contributed by atoms with Gasteiger partial charge >= 0.3 is 174 Å². The molecule has 1 saturated heterocycles. The van der Waals surface area contributed by atoms with Crippen molar-refractivity contribution in [1.29, 1.82) is 0 Å². The minimum absolute atomic E-state index is 0.355. The molecule has 1 aliphatic carbocycles. The first-order valence-corrected chi connectivity index (χ1v) is 11.8. The summed E-state index contributed by atoms with van der Waals surface area (Å²) in [6.07, 6.45) is 1.02. The van der Waals surface area contributed by atoms with E-state index in [1.54, 1.807) is 0 Å². The topological polar surface area (TPSA) is 15.6 Å². The van der Waals surface area contributed by atoms with Crippen molar-refractivity contribution in [2.45, 2.75) is 31.1 Å². The van der Waals surface area contributed by atoms with Crippen molar-refractivity contribution >= 4 is 25.4 Å². The van der Waals surface area contributed by atoms with E-state index in [-0.39, 0.29) is 0 Å². The van der Waals surface area contributed by atoms with Crippen molar-refractivity contribution in [2.24, 2.45) is 4.99 Å². The van der Waals surface area contributed by atoms with Gasteiger partial charge in [-0.1, -0.05) is 0 Å². The molecule has 0 N–H and O–H groups in total. The number of benzene rings is 3. The summed E-state index contributed by atoms with van der Waals surface area (Å²) in [7, 11) is 0. The number of hydrogen-bond acceptors (Lipinski definition) is 1. The van der Waals surface area contributed by atoms with Gasteiger partial charge < -0.3 is 0 Å².